The summed E-state index contributed by atoms with van der Waals surface area (Å²) in [7, 11) is 1.99. The molecule has 5 aliphatic rings. The lowest BCUT2D eigenvalue weighted by Gasteiger charge is -2.72. The summed E-state index contributed by atoms with van der Waals surface area (Å²) >= 11 is 0. The van der Waals surface area contributed by atoms with Gasteiger partial charge in [0.05, 0.1) is 6.10 Å². The Morgan fingerprint density at radius 3 is 2.24 bits per heavy atom. The van der Waals surface area contributed by atoms with E-state index in [9.17, 15) is 5.11 Å². The summed E-state index contributed by atoms with van der Waals surface area (Å²) < 4.78 is 0. The van der Waals surface area contributed by atoms with E-state index in [0.717, 1.165) is 24.2 Å². The highest BCUT2D eigenvalue weighted by Crippen LogP contribution is 2.77. The van der Waals surface area contributed by atoms with Gasteiger partial charge in [-0.15, -0.1) is 0 Å². The Morgan fingerprint density at radius 2 is 1.58 bits per heavy atom. The average molecular weight is 454 g/mol. The summed E-state index contributed by atoms with van der Waals surface area (Å²) in [4.78, 5) is 4.66. The van der Waals surface area contributed by atoms with Crippen LogP contribution in [0.15, 0.2) is 17.1 Å². The number of hydrogen-bond donors (Lipinski definition) is 1. The molecule has 5 aliphatic carbocycles. The van der Waals surface area contributed by atoms with Crippen LogP contribution in [0.2, 0.25) is 0 Å². The third kappa shape index (κ3) is 2.91. The van der Waals surface area contributed by atoms with Crippen molar-refractivity contribution in [3.63, 3.8) is 0 Å². The van der Waals surface area contributed by atoms with Crippen LogP contribution in [0.1, 0.15) is 106 Å². The monoisotopic (exact) mass is 453 g/mol. The average Bonchev–Trinajstić information content (AvgIpc) is 3.12. The standard InChI is InChI=1S/C31H51NO/c1-20(2)21-11-16-31(19-32-8)18-17-29(6)22(26(21)31)9-10-24-28(5)14-13-25(33)27(3,4)23(28)12-15-30(24,29)7/h19,21-26,33H,1,9-18H2,2-8H3/b32-19+/t21-,22?,23?,24?,25-,26?,28-,29+,30+,31+/m0/s1. The largest absolute Gasteiger partial charge is 0.393 e. The van der Waals surface area contributed by atoms with Gasteiger partial charge in [0.15, 0.2) is 0 Å². The second-order valence-electron chi connectivity index (χ2n) is 14.7. The number of aliphatic hydroxyl groups is 1. The zero-order valence-electron chi connectivity index (χ0n) is 22.7. The molecule has 4 unspecified atom stereocenters. The predicted octanol–water partition coefficient (Wildman–Crippen LogP) is 7.71. The first-order valence-electron chi connectivity index (χ1n) is 14.1. The van der Waals surface area contributed by atoms with Crippen molar-refractivity contribution in [2.45, 2.75) is 112 Å². The number of fused-ring (bicyclic) bond motifs is 7. The first kappa shape index (κ1) is 24.1. The third-order valence-corrected chi connectivity index (χ3v) is 13.5. The van der Waals surface area contributed by atoms with E-state index in [0.29, 0.717) is 33.5 Å². The quantitative estimate of drug-likeness (QED) is 0.337. The first-order valence-corrected chi connectivity index (χ1v) is 14.1. The molecule has 0 aliphatic heterocycles. The summed E-state index contributed by atoms with van der Waals surface area (Å²) in [6, 6.07) is 0. The van der Waals surface area contributed by atoms with Gasteiger partial charge < -0.3 is 10.1 Å². The Morgan fingerprint density at radius 1 is 0.848 bits per heavy atom. The van der Waals surface area contributed by atoms with Gasteiger partial charge in [0.25, 0.3) is 0 Å². The van der Waals surface area contributed by atoms with Crippen LogP contribution in [-0.4, -0.2) is 24.5 Å². The van der Waals surface area contributed by atoms with Crippen LogP contribution < -0.4 is 0 Å². The number of nitrogens with zero attached hydrogens (tertiary/aromatic N) is 1. The van der Waals surface area contributed by atoms with Gasteiger partial charge in [-0.25, -0.2) is 0 Å². The fourth-order valence-electron chi connectivity index (χ4n) is 11.7. The zero-order chi connectivity index (χ0) is 24.0. The van der Waals surface area contributed by atoms with Gasteiger partial charge in [0, 0.05) is 18.7 Å². The van der Waals surface area contributed by atoms with Crippen LogP contribution in [0, 0.1) is 56.7 Å². The summed E-state index contributed by atoms with van der Waals surface area (Å²) in [6.07, 6.45) is 15.2. The Labute approximate surface area is 204 Å². The summed E-state index contributed by atoms with van der Waals surface area (Å²) in [5.74, 6) is 3.62. The van der Waals surface area contributed by atoms with E-state index in [2.05, 4.69) is 59.3 Å². The molecule has 0 saturated heterocycles. The smallest absolute Gasteiger partial charge is 0.0594 e. The summed E-state index contributed by atoms with van der Waals surface area (Å²) in [5.41, 5.74) is 2.94. The van der Waals surface area contributed by atoms with Crippen LogP contribution >= 0.6 is 0 Å². The lowest BCUT2D eigenvalue weighted by molar-refractivity contribution is -0.243. The SMILES string of the molecule is C=C(C)[C@@H]1CC[C@]2(/C=N/C)CC[C@]3(C)C(CCC4[C@@]5(C)CC[C@H](O)C(C)(C)C5CC[C@]43C)C12. The Kier molecular flexibility index (Phi) is 5.43. The van der Waals surface area contributed by atoms with E-state index < -0.39 is 0 Å². The van der Waals surface area contributed by atoms with E-state index in [1.54, 1.807) is 0 Å². The highest BCUT2D eigenvalue weighted by molar-refractivity contribution is 5.67. The van der Waals surface area contributed by atoms with Gasteiger partial charge >= 0.3 is 0 Å². The Hall–Kier alpha value is -0.630. The van der Waals surface area contributed by atoms with E-state index in [1.165, 1.54) is 63.4 Å². The van der Waals surface area contributed by atoms with Crippen LogP contribution in [-0.2, 0) is 0 Å². The molecule has 10 atom stereocenters. The molecule has 33 heavy (non-hydrogen) atoms. The molecule has 5 fully saturated rings. The maximum atomic E-state index is 10.9. The van der Waals surface area contributed by atoms with Crippen molar-refractivity contribution in [3.05, 3.63) is 12.2 Å². The van der Waals surface area contributed by atoms with Crippen molar-refractivity contribution in [1.82, 2.24) is 0 Å². The van der Waals surface area contributed by atoms with Gasteiger partial charge in [-0.2, -0.15) is 0 Å². The van der Waals surface area contributed by atoms with Crippen LogP contribution in [0.3, 0.4) is 0 Å². The molecule has 186 valence electrons. The molecule has 2 nitrogen and oxygen atoms in total. The molecule has 5 rings (SSSR count). The molecular weight excluding hydrogens is 402 g/mol. The highest BCUT2D eigenvalue weighted by atomic mass is 16.3. The fraction of sp³-hybridized carbons (Fsp3) is 0.903. The van der Waals surface area contributed by atoms with Crippen LogP contribution in [0.25, 0.3) is 0 Å². The Balaban J connectivity index is 1.56. The Bertz CT molecular complexity index is 844. The van der Waals surface area contributed by atoms with E-state index in [-0.39, 0.29) is 11.5 Å². The zero-order valence-corrected chi connectivity index (χ0v) is 22.7. The molecule has 0 aromatic rings. The van der Waals surface area contributed by atoms with Crippen molar-refractivity contribution >= 4 is 6.21 Å². The number of hydrogen-bond acceptors (Lipinski definition) is 2. The molecule has 0 spiro atoms. The third-order valence-electron chi connectivity index (χ3n) is 13.5. The molecule has 0 aromatic carbocycles. The molecule has 0 bridgehead atoms. The van der Waals surface area contributed by atoms with E-state index >= 15 is 0 Å². The minimum atomic E-state index is -0.134. The maximum Gasteiger partial charge on any atom is 0.0594 e. The van der Waals surface area contributed by atoms with Gasteiger partial charge in [-0.05, 0) is 122 Å². The van der Waals surface area contributed by atoms with Gasteiger partial charge in [0.2, 0.25) is 0 Å². The summed E-state index contributed by atoms with van der Waals surface area (Å²) in [6.45, 7) is 19.6. The number of aliphatic imine (C=N–C) groups is 1. The lowest BCUT2D eigenvalue weighted by Crippen LogP contribution is -2.66. The normalized spacial score (nSPS) is 55.4. The lowest BCUT2D eigenvalue weighted by atomic mass is 9.32. The topological polar surface area (TPSA) is 32.6 Å². The molecule has 5 saturated carbocycles. The van der Waals surface area contributed by atoms with Crippen molar-refractivity contribution in [3.8, 4) is 0 Å². The molecular formula is C31H51NO. The molecule has 2 heteroatoms. The molecule has 0 aromatic heterocycles. The first-order chi connectivity index (χ1) is 15.4. The van der Waals surface area contributed by atoms with Crippen molar-refractivity contribution in [2.24, 2.45) is 61.7 Å². The molecule has 0 heterocycles. The highest BCUT2D eigenvalue weighted by Gasteiger charge is 2.70. The molecule has 0 radical (unpaired) electrons. The van der Waals surface area contributed by atoms with E-state index in [1.807, 2.05) is 7.05 Å². The maximum absolute atomic E-state index is 10.9. The van der Waals surface area contributed by atoms with Crippen LogP contribution in [0.4, 0.5) is 0 Å². The minimum Gasteiger partial charge on any atom is -0.393 e. The minimum absolute atomic E-state index is 0.0435. The molecule has 0 amide bonds. The van der Waals surface area contributed by atoms with Crippen LogP contribution in [0.5, 0.6) is 0 Å². The van der Waals surface area contributed by atoms with E-state index in [4.69, 9.17) is 0 Å². The number of rotatable bonds is 2. The van der Waals surface area contributed by atoms with Gasteiger partial charge in [-0.1, -0.05) is 46.8 Å². The van der Waals surface area contributed by atoms with Crippen molar-refractivity contribution in [1.29, 1.82) is 0 Å². The predicted molar refractivity (Wildman–Crippen MR) is 139 cm³/mol. The van der Waals surface area contributed by atoms with Crippen molar-refractivity contribution in [2.75, 3.05) is 7.05 Å². The number of aliphatic hydroxyl groups excluding tert-OH is 1. The fourth-order valence-corrected chi connectivity index (χ4v) is 11.7. The second-order valence-corrected chi connectivity index (χ2v) is 14.7. The van der Waals surface area contributed by atoms with Gasteiger partial charge in [-0.3, -0.25) is 0 Å². The number of allylic oxidation sites excluding steroid dienone is 1. The summed E-state index contributed by atoms with van der Waals surface area (Å²) in [5, 5.41) is 10.9. The van der Waals surface area contributed by atoms with Crippen molar-refractivity contribution < 1.29 is 5.11 Å². The second kappa shape index (κ2) is 7.44. The van der Waals surface area contributed by atoms with Gasteiger partial charge in [0.1, 0.15) is 0 Å². The molecule has 1 N–H and O–H groups in total.